The summed E-state index contributed by atoms with van der Waals surface area (Å²) in [5.74, 6) is 1.97. The first-order chi connectivity index (χ1) is 27.9. The van der Waals surface area contributed by atoms with E-state index in [0.717, 1.165) is 40.0 Å². The molecule has 0 saturated heterocycles. The van der Waals surface area contributed by atoms with Crippen LogP contribution in [-0.2, 0) is 5.66 Å². The number of para-hydroxylation sites is 1. The van der Waals surface area contributed by atoms with E-state index in [1.54, 1.807) is 0 Å². The first-order valence-corrected chi connectivity index (χ1v) is 20.0. The molecule has 2 aromatic heterocycles. The smallest absolute Gasteiger partial charge is 0.159 e. The molecule has 6 nitrogen and oxygen atoms in total. The minimum Gasteiger partial charge on any atom is -0.342 e. The number of hydrogen-bond donors (Lipinski definition) is 1. The maximum absolute atomic E-state index is 5.29. The third kappa shape index (κ3) is 5.20. The van der Waals surface area contributed by atoms with Gasteiger partial charge in [-0.3, -0.25) is 4.98 Å². The number of rotatable bonds is 5. The Hall–Kier alpha value is -6.79. The third-order valence-corrected chi connectivity index (χ3v) is 12.5. The van der Waals surface area contributed by atoms with Crippen LogP contribution in [0.4, 0.5) is 11.4 Å². The monoisotopic (exact) mass is 738 g/mol. The summed E-state index contributed by atoms with van der Waals surface area (Å²) in [6.07, 6.45) is 18.7. The minimum atomic E-state index is -0.761. The zero-order chi connectivity index (χ0) is 38.3. The van der Waals surface area contributed by atoms with Crippen LogP contribution in [0.15, 0.2) is 174 Å². The first kappa shape index (κ1) is 33.5. The molecule has 0 radical (unpaired) electrons. The maximum atomic E-state index is 5.29. The van der Waals surface area contributed by atoms with E-state index >= 15 is 0 Å². The number of aliphatic imine (C=N–C) groups is 2. The van der Waals surface area contributed by atoms with Crippen molar-refractivity contribution in [2.24, 2.45) is 9.98 Å². The van der Waals surface area contributed by atoms with Gasteiger partial charge in [-0.15, -0.1) is 0 Å². The van der Waals surface area contributed by atoms with Gasteiger partial charge < -0.3 is 14.8 Å². The molecular formula is C51H42N6. The van der Waals surface area contributed by atoms with Gasteiger partial charge >= 0.3 is 0 Å². The Kier molecular flexibility index (Phi) is 7.42. The van der Waals surface area contributed by atoms with E-state index in [9.17, 15) is 0 Å². The Morgan fingerprint density at radius 3 is 2.39 bits per heavy atom. The molecule has 57 heavy (non-hydrogen) atoms. The predicted octanol–water partition coefficient (Wildman–Crippen LogP) is 11.5. The molecule has 2 aliphatic carbocycles. The molecule has 4 heterocycles. The van der Waals surface area contributed by atoms with E-state index in [1.807, 2.05) is 18.5 Å². The predicted molar refractivity (Wildman–Crippen MR) is 235 cm³/mol. The lowest BCUT2D eigenvalue weighted by Crippen LogP contribution is -2.46. The van der Waals surface area contributed by atoms with Gasteiger partial charge in [-0.25, -0.2) is 9.98 Å². The van der Waals surface area contributed by atoms with Crippen LogP contribution >= 0.6 is 0 Å². The molecule has 2 aliphatic heterocycles. The number of amidine groups is 2. The molecule has 11 rings (SSSR count). The van der Waals surface area contributed by atoms with Crippen LogP contribution in [0.5, 0.6) is 0 Å². The Labute approximate surface area is 333 Å². The summed E-state index contributed by atoms with van der Waals surface area (Å²) in [6, 6.07) is 43.3. The molecule has 5 aromatic carbocycles. The zero-order valence-corrected chi connectivity index (χ0v) is 32.3. The van der Waals surface area contributed by atoms with Crippen molar-refractivity contribution in [3.05, 3.63) is 198 Å². The van der Waals surface area contributed by atoms with Crippen LogP contribution in [0.1, 0.15) is 72.5 Å². The van der Waals surface area contributed by atoms with Gasteiger partial charge in [-0.05, 0) is 78.6 Å². The summed E-state index contributed by atoms with van der Waals surface area (Å²) in [7, 11) is 0. The molecule has 4 atom stereocenters. The molecule has 7 aromatic rings. The van der Waals surface area contributed by atoms with Crippen molar-refractivity contribution in [2.45, 2.75) is 50.2 Å². The molecule has 1 N–H and O–H groups in total. The van der Waals surface area contributed by atoms with Crippen LogP contribution < -0.4 is 10.2 Å². The van der Waals surface area contributed by atoms with E-state index in [2.05, 4.69) is 187 Å². The summed E-state index contributed by atoms with van der Waals surface area (Å²) in [5, 5.41) is 7.40. The van der Waals surface area contributed by atoms with Gasteiger partial charge in [0.15, 0.2) is 11.5 Å². The van der Waals surface area contributed by atoms with Gasteiger partial charge in [0.25, 0.3) is 0 Å². The molecule has 0 fully saturated rings. The lowest BCUT2D eigenvalue weighted by atomic mass is 9.80. The largest absolute Gasteiger partial charge is 0.342 e. The fourth-order valence-corrected chi connectivity index (χ4v) is 9.68. The average molecular weight is 739 g/mol. The lowest BCUT2D eigenvalue weighted by molar-refractivity contribution is 0.455. The second-order valence-corrected chi connectivity index (χ2v) is 16.2. The van der Waals surface area contributed by atoms with Crippen molar-refractivity contribution in [2.75, 3.05) is 4.90 Å². The van der Waals surface area contributed by atoms with E-state index in [-0.39, 0.29) is 11.5 Å². The number of hydrogen-bond acceptors (Lipinski definition) is 5. The van der Waals surface area contributed by atoms with Crippen molar-refractivity contribution in [1.82, 2.24) is 14.9 Å². The van der Waals surface area contributed by atoms with Crippen molar-refractivity contribution in [3.8, 4) is 5.69 Å². The van der Waals surface area contributed by atoms with E-state index in [0.29, 0.717) is 11.8 Å². The number of nitrogens with one attached hydrogen (secondary N) is 1. The molecule has 0 bridgehead atoms. The third-order valence-electron chi connectivity index (χ3n) is 12.5. The highest BCUT2D eigenvalue weighted by atomic mass is 15.3. The number of fused-ring (bicyclic) bond motifs is 7. The van der Waals surface area contributed by atoms with Gasteiger partial charge in [0.1, 0.15) is 5.84 Å². The molecule has 4 aliphatic rings. The van der Waals surface area contributed by atoms with Gasteiger partial charge in [-0.1, -0.05) is 128 Å². The highest BCUT2D eigenvalue weighted by Crippen LogP contribution is 2.56. The number of allylic oxidation sites excluding steroid dienone is 3. The van der Waals surface area contributed by atoms with Gasteiger partial charge in [0.05, 0.1) is 22.9 Å². The zero-order valence-electron chi connectivity index (χ0n) is 32.3. The van der Waals surface area contributed by atoms with Gasteiger partial charge in [-0.2, -0.15) is 0 Å². The van der Waals surface area contributed by atoms with Gasteiger partial charge in [0, 0.05) is 57.2 Å². The lowest BCUT2D eigenvalue weighted by Gasteiger charge is -2.39. The standard InChI is InChI=1S/C51H42N6/c1-33-15-14-22-41-42-29-43-44-23-12-13-26-50(44,2)57(46(43)30-45(42)56(47(33)41)39-20-8-5-9-21-39)40-28-37(31-52-32-40)49-53-48(36-25-24-34-16-10-11-17-35(34)27-36)54-51(3,55-49)38-18-6-4-7-19-38/h4-14,16-33,44H,15H2,1-3H3,(H,53,54,55). The molecule has 4 unspecified atom stereocenters. The molecule has 0 amide bonds. The Morgan fingerprint density at radius 1 is 0.754 bits per heavy atom. The van der Waals surface area contributed by atoms with E-state index < -0.39 is 5.66 Å². The summed E-state index contributed by atoms with van der Waals surface area (Å²) in [5.41, 5.74) is 10.5. The van der Waals surface area contributed by atoms with E-state index in [1.165, 1.54) is 44.5 Å². The van der Waals surface area contributed by atoms with Crippen molar-refractivity contribution < 1.29 is 0 Å². The van der Waals surface area contributed by atoms with Gasteiger partial charge in [0.2, 0.25) is 0 Å². The van der Waals surface area contributed by atoms with Crippen molar-refractivity contribution in [1.29, 1.82) is 0 Å². The SMILES string of the molecule is CC1CC=Cc2c1n(-c1ccccc1)c1cc3c(cc21)C1C=CC=CC1(C)N3c1cncc(C2=NC(c3ccc4ccccc4c3)=NC(C)(c3ccccc3)N2)c1. The number of nitrogens with zero attached hydrogens (tertiary/aromatic N) is 5. The quantitative estimate of drug-likeness (QED) is 0.191. The molecule has 276 valence electrons. The number of benzene rings is 5. The van der Waals surface area contributed by atoms with Crippen molar-refractivity contribution >= 4 is 50.8 Å². The minimum absolute atomic E-state index is 0.157. The summed E-state index contributed by atoms with van der Waals surface area (Å²) >= 11 is 0. The Balaban J connectivity index is 1.08. The fourth-order valence-electron chi connectivity index (χ4n) is 9.68. The average Bonchev–Trinajstić information content (AvgIpc) is 3.72. The summed E-state index contributed by atoms with van der Waals surface area (Å²) in [6.45, 7) is 6.83. The molecule has 0 saturated carbocycles. The summed E-state index contributed by atoms with van der Waals surface area (Å²) < 4.78 is 2.50. The van der Waals surface area contributed by atoms with E-state index in [4.69, 9.17) is 15.0 Å². The highest BCUT2D eigenvalue weighted by Gasteiger charge is 2.48. The Morgan fingerprint density at radius 2 is 1.54 bits per heavy atom. The number of anilines is 2. The number of aromatic nitrogens is 2. The normalized spacial score (nSPS) is 23.2. The highest BCUT2D eigenvalue weighted by molar-refractivity contribution is 6.14. The van der Waals surface area contributed by atoms with Crippen LogP contribution in [0.25, 0.3) is 33.4 Å². The second kappa shape index (κ2) is 12.6. The maximum Gasteiger partial charge on any atom is 0.159 e. The van der Waals surface area contributed by atoms with Crippen LogP contribution in [0.2, 0.25) is 0 Å². The van der Waals surface area contributed by atoms with Crippen LogP contribution in [0.3, 0.4) is 0 Å². The molecule has 0 spiro atoms. The fraction of sp³-hybridized carbons (Fsp3) is 0.157. The molecule has 6 heteroatoms. The number of pyridine rings is 1. The Bertz CT molecular complexity index is 2920. The van der Waals surface area contributed by atoms with Crippen molar-refractivity contribution in [3.63, 3.8) is 0 Å². The summed E-state index contributed by atoms with van der Waals surface area (Å²) in [4.78, 5) is 18.0. The first-order valence-electron chi connectivity index (χ1n) is 20.0. The van der Waals surface area contributed by atoms with Crippen LogP contribution in [0, 0.1) is 0 Å². The molecular weight excluding hydrogens is 697 g/mol. The topological polar surface area (TPSA) is 57.8 Å². The van der Waals surface area contributed by atoms with Crippen LogP contribution in [-0.4, -0.2) is 26.8 Å². The second-order valence-electron chi connectivity index (χ2n) is 16.2.